The van der Waals surface area contributed by atoms with Crippen LogP contribution in [0.2, 0.25) is 0 Å². The van der Waals surface area contributed by atoms with E-state index < -0.39 is 12.3 Å². The van der Waals surface area contributed by atoms with Gasteiger partial charge in [0.05, 0.1) is 13.2 Å². The number of alkyl halides is 1. The van der Waals surface area contributed by atoms with E-state index in [1.807, 2.05) is 0 Å². The first-order valence-electron chi connectivity index (χ1n) is 4.84. The Balaban J connectivity index is 2.55. The molecule has 0 saturated heterocycles. The van der Waals surface area contributed by atoms with E-state index in [0.29, 0.717) is 5.56 Å². The maximum Gasteiger partial charge on any atom is 0.381 e. The minimum Gasteiger partial charge on any atom is -0.461 e. The Hall–Kier alpha value is -1.62. The minimum atomic E-state index is -2.13. The van der Waals surface area contributed by atoms with Gasteiger partial charge in [0.25, 0.3) is 0 Å². The van der Waals surface area contributed by atoms with E-state index in [4.69, 9.17) is 9.84 Å². The Morgan fingerprint density at radius 1 is 1.44 bits per heavy atom. The predicted molar refractivity (Wildman–Crippen MR) is 54.5 cm³/mol. The molecule has 0 aliphatic heterocycles. The Morgan fingerprint density at radius 2 is 2.06 bits per heavy atom. The molecule has 1 aromatic rings. The number of benzene rings is 1. The molecule has 0 aromatic heterocycles. The maximum absolute atomic E-state index is 13.1. The van der Waals surface area contributed by atoms with E-state index >= 15 is 0 Å². The molecule has 0 aliphatic carbocycles. The summed E-state index contributed by atoms with van der Waals surface area (Å²) in [7, 11) is 0. The number of aliphatic hydroxyl groups excluding tert-OH is 1. The number of esters is 1. The number of carbonyl (C=O) groups is 1. The van der Waals surface area contributed by atoms with Crippen LogP contribution in [0.5, 0.6) is 5.75 Å². The summed E-state index contributed by atoms with van der Waals surface area (Å²) in [4.78, 5) is 10.9. The van der Waals surface area contributed by atoms with Gasteiger partial charge in [-0.2, -0.15) is 4.39 Å². The fraction of sp³-hybridized carbons (Fsp3) is 0.364. The number of hydrogen-bond acceptors (Lipinski definition) is 4. The predicted octanol–water partition coefficient (Wildman–Crippen LogP) is 1.42. The summed E-state index contributed by atoms with van der Waals surface area (Å²) >= 11 is 0. The zero-order chi connectivity index (χ0) is 12.0. The molecular weight excluding hydrogens is 215 g/mol. The van der Waals surface area contributed by atoms with E-state index in [2.05, 4.69) is 4.74 Å². The van der Waals surface area contributed by atoms with Crippen LogP contribution >= 0.6 is 0 Å². The molecule has 0 bridgehead atoms. The Morgan fingerprint density at radius 3 is 2.56 bits per heavy atom. The van der Waals surface area contributed by atoms with E-state index in [1.165, 1.54) is 12.1 Å². The zero-order valence-electron chi connectivity index (χ0n) is 8.85. The SMILES string of the molecule is CCOC(=O)C(F)Oc1ccc(CO)cc1. The molecule has 0 spiro atoms. The van der Waals surface area contributed by atoms with Crippen LogP contribution in [0.15, 0.2) is 24.3 Å². The van der Waals surface area contributed by atoms with Crippen molar-refractivity contribution < 1.29 is 23.8 Å². The normalized spacial score (nSPS) is 11.9. The molecule has 0 saturated carbocycles. The van der Waals surface area contributed by atoms with Crippen molar-refractivity contribution in [2.45, 2.75) is 19.9 Å². The molecule has 16 heavy (non-hydrogen) atoms. The van der Waals surface area contributed by atoms with Gasteiger partial charge in [-0.25, -0.2) is 4.79 Å². The first kappa shape index (κ1) is 12.4. The van der Waals surface area contributed by atoms with E-state index in [1.54, 1.807) is 19.1 Å². The van der Waals surface area contributed by atoms with Gasteiger partial charge < -0.3 is 14.6 Å². The van der Waals surface area contributed by atoms with Crippen LogP contribution in [0.25, 0.3) is 0 Å². The topological polar surface area (TPSA) is 55.8 Å². The second-order valence-electron chi connectivity index (χ2n) is 2.99. The van der Waals surface area contributed by atoms with Crippen molar-refractivity contribution in [1.82, 2.24) is 0 Å². The first-order valence-corrected chi connectivity index (χ1v) is 4.84. The summed E-state index contributed by atoms with van der Waals surface area (Å²) in [5.74, 6) is -0.841. The minimum absolute atomic E-state index is 0.1000. The van der Waals surface area contributed by atoms with E-state index in [-0.39, 0.29) is 19.0 Å². The lowest BCUT2D eigenvalue weighted by molar-refractivity contribution is -0.159. The summed E-state index contributed by atoms with van der Waals surface area (Å²) in [6.45, 7) is 1.59. The van der Waals surface area contributed by atoms with Gasteiger partial charge in [0.1, 0.15) is 5.75 Å². The van der Waals surface area contributed by atoms with Crippen LogP contribution in [-0.4, -0.2) is 24.0 Å². The van der Waals surface area contributed by atoms with Gasteiger partial charge in [0, 0.05) is 0 Å². The number of halogens is 1. The highest BCUT2D eigenvalue weighted by Gasteiger charge is 2.20. The summed E-state index contributed by atoms with van der Waals surface area (Å²) < 4.78 is 22.3. The largest absolute Gasteiger partial charge is 0.461 e. The molecule has 1 N–H and O–H groups in total. The van der Waals surface area contributed by atoms with Crippen LogP contribution in [0.1, 0.15) is 12.5 Å². The van der Waals surface area contributed by atoms with E-state index in [9.17, 15) is 9.18 Å². The van der Waals surface area contributed by atoms with Crippen molar-refractivity contribution in [3.8, 4) is 5.75 Å². The van der Waals surface area contributed by atoms with E-state index in [0.717, 1.165) is 0 Å². The van der Waals surface area contributed by atoms with Crippen molar-refractivity contribution in [2.75, 3.05) is 6.61 Å². The molecular formula is C11H13FO4. The van der Waals surface area contributed by atoms with Crippen LogP contribution < -0.4 is 4.74 Å². The number of hydrogen-bond donors (Lipinski definition) is 1. The Labute approximate surface area is 92.6 Å². The van der Waals surface area contributed by atoms with Gasteiger partial charge in [-0.3, -0.25) is 0 Å². The van der Waals surface area contributed by atoms with Crippen molar-refractivity contribution >= 4 is 5.97 Å². The Kier molecular flexibility index (Phi) is 4.72. The quantitative estimate of drug-likeness (QED) is 0.774. The van der Waals surface area contributed by atoms with Crippen LogP contribution in [-0.2, 0) is 16.1 Å². The molecule has 1 atom stereocenters. The highest BCUT2D eigenvalue weighted by atomic mass is 19.1. The van der Waals surface area contributed by atoms with Gasteiger partial charge >= 0.3 is 12.3 Å². The van der Waals surface area contributed by atoms with Crippen LogP contribution in [0.4, 0.5) is 4.39 Å². The van der Waals surface area contributed by atoms with Gasteiger partial charge in [-0.15, -0.1) is 0 Å². The van der Waals surface area contributed by atoms with Crippen LogP contribution in [0.3, 0.4) is 0 Å². The third-order valence-corrected chi connectivity index (χ3v) is 1.82. The highest BCUT2D eigenvalue weighted by Crippen LogP contribution is 2.14. The second-order valence-corrected chi connectivity index (χ2v) is 2.99. The third kappa shape index (κ3) is 3.51. The fourth-order valence-electron chi connectivity index (χ4n) is 1.05. The lowest BCUT2D eigenvalue weighted by Gasteiger charge is -2.10. The molecule has 1 aromatic carbocycles. The molecule has 5 heteroatoms. The zero-order valence-corrected chi connectivity index (χ0v) is 8.85. The van der Waals surface area contributed by atoms with Crippen molar-refractivity contribution in [1.29, 1.82) is 0 Å². The molecule has 88 valence electrons. The van der Waals surface area contributed by atoms with Gasteiger partial charge in [-0.1, -0.05) is 12.1 Å². The molecule has 4 nitrogen and oxygen atoms in total. The number of ether oxygens (including phenoxy) is 2. The number of carbonyl (C=O) groups excluding carboxylic acids is 1. The summed E-state index contributed by atoms with van der Waals surface area (Å²) in [6.07, 6.45) is -2.13. The second kappa shape index (κ2) is 6.07. The van der Waals surface area contributed by atoms with Crippen molar-refractivity contribution in [3.63, 3.8) is 0 Å². The van der Waals surface area contributed by atoms with Gasteiger partial charge in [0.2, 0.25) is 0 Å². The summed E-state index contributed by atoms with van der Waals surface area (Å²) in [5, 5.41) is 8.78. The molecule has 0 fully saturated rings. The Bertz CT molecular complexity index is 336. The molecule has 0 amide bonds. The van der Waals surface area contributed by atoms with Crippen molar-refractivity contribution in [2.24, 2.45) is 0 Å². The average molecular weight is 228 g/mol. The molecule has 0 heterocycles. The smallest absolute Gasteiger partial charge is 0.381 e. The molecule has 1 rings (SSSR count). The number of rotatable bonds is 5. The molecule has 1 unspecified atom stereocenters. The van der Waals surface area contributed by atoms with Gasteiger partial charge in [-0.05, 0) is 24.6 Å². The fourth-order valence-corrected chi connectivity index (χ4v) is 1.05. The number of aliphatic hydroxyl groups is 1. The van der Waals surface area contributed by atoms with Crippen molar-refractivity contribution in [3.05, 3.63) is 29.8 Å². The van der Waals surface area contributed by atoms with Gasteiger partial charge in [0.15, 0.2) is 0 Å². The highest BCUT2D eigenvalue weighted by molar-refractivity contribution is 5.73. The summed E-state index contributed by atoms with van der Waals surface area (Å²) in [6, 6.07) is 6.09. The third-order valence-electron chi connectivity index (χ3n) is 1.82. The lowest BCUT2D eigenvalue weighted by Crippen LogP contribution is -2.24. The molecule has 0 aliphatic rings. The lowest BCUT2D eigenvalue weighted by atomic mass is 10.2. The first-order chi connectivity index (χ1) is 7.67. The monoisotopic (exact) mass is 228 g/mol. The maximum atomic E-state index is 13.1. The summed E-state index contributed by atoms with van der Waals surface area (Å²) in [5.41, 5.74) is 0.680. The standard InChI is InChI=1S/C11H13FO4/c1-2-15-11(14)10(12)16-9-5-3-8(7-13)4-6-9/h3-6,10,13H,2,7H2,1H3. The molecule has 0 radical (unpaired) electrons. The average Bonchev–Trinajstić information content (AvgIpc) is 2.30. The van der Waals surface area contributed by atoms with Crippen LogP contribution in [0, 0.1) is 0 Å².